The van der Waals surface area contributed by atoms with Crippen molar-refractivity contribution in [1.82, 2.24) is 5.32 Å². The lowest BCUT2D eigenvalue weighted by atomic mass is 9.98. The van der Waals surface area contributed by atoms with Gasteiger partial charge in [0.05, 0.1) is 0 Å². The molecule has 0 saturated heterocycles. The first-order valence-electron chi connectivity index (χ1n) is 7.23. The maximum atomic E-state index is 9.59. The monoisotopic (exact) mass is 285 g/mol. The van der Waals surface area contributed by atoms with Crippen LogP contribution in [0.1, 0.15) is 48.2 Å². The maximum absolute atomic E-state index is 9.59. The van der Waals surface area contributed by atoms with Gasteiger partial charge in [0.1, 0.15) is 11.5 Å². The van der Waals surface area contributed by atoms with Crippen molar-refractivity contribution >= 4 is 0 Å². The number of phenolic OH excluding ortho intramolecular Hbond substituents is 2. The molecular formula is C18H23NO2. The van der Waals surface area contributed by atoms with E-state index in [1.165, 1.54) is 22.8 Å². The van der Waals surface area contributed by atoms with Crippen LogP contribution in [0.2, 0.25) is 0 Å². The van der Waals surface area contributed by atoms with Gasteiger partial charge < -0.3 is 15.5 Å². The molecule has 0 aliphatic heterocycles. The summed E-state index contributed by atoms with van der Waals surface area (Å²) in [5.41, 5.74) is 4.63. The van der Waals surface area contributed by atoms with E-state index in [0.717, 1.165) is 5.56 Å². The van der Waals surface area contributed by atoms with E-state index < -0.39 is 0 Å². The van der Waals surface area contributed by atoms with Crippen molar-refractivity contribution in [3.05, 3.63) is 58.7 Å². The highest BCUT2D eigenvalue weighted by atomic mass is 16.3. The van der Waals surface area contributed by atoms with Crippen LogP contribution in [0.3, 0.4) is 0 Å². The van der Waals surface area contributed by atoms with Crippen LogP contribution in [0, 0.1) is 13.8 Å². The molecule has 2 aromatic rings. The highest BCUT2D eigenvalue weighted by molar-refractivity contribution is 5.38. The van der Waals surface area contributed by atoms with Crippen LogP contribution in [-0.2, 0) is 0 Å². The van der Waals surface area contributed by atoms with Crippen LogP contribution in [0.4, 0.5) is 0 Å². The molecule has 2 atom stereocenters. The molecule has 0 aliphatic rings. The predicted molar refractivity (Wildman–Crippen MR) is 85.7 cm³/mol. The van der Waals surface area contributed by atoms with E-state index in [-0.39, 0.29) is 23.6 Å². The Morgan fingerprint density at radius 3 is 2.10 bits per heavy atom. The molecule has 0 aromatic heterocycles. The van der Waals surface area contributed by atoms with E-state index >= 15 is 0 Å². The molecule has 3 N–H and O–H groups in total. The molecule has 0 saturated carbocycles. The van der Waals surface area contributed by atoms with Gasteiger partial charge in [0.15, 0.2) is 0 Å². The minimum atomic E-state index is 0.0258. The minimum Gasteiger partial charge on any atom is -0.508 e. The Kier molecular flexibility index (Phi) is 4.53. The van der Waals surface area contributed by atoms with E-state index in [2.05, 4.69) is 44.3 Å². The van der Waals surface area contributed by atoms with Crippen LogP contribution in [0.15, 0.2) is 36.4 Å². The molecule has 0 radical (unpaired) electrons. The topological polar surface area (TPSA) is 52.5 Å². The lowest BCUT2D eigenvalue weighted by Crippen LogP contribution is -2.23. The van der Waals surface area contributed by atoms with Crippen LogP contribution >= 0.6 is 0 Å². The number of aromatic hydroxyl groups is 2. The van der Waals surface area contributed by atoms with Crippen LogP contribution in [0.5, 0.6) is 11.5 Å². The highest BCUT2D eigenvalue weighted by Gasteiger charge is 2.14. The smallest absolute Gasteiger partial charge is 0.119 e. The molecule has 0 bridgehead atoms. The maximum Gasteiger partial charge on any atom is 0.119 e. The Morgan fingerprint density at radius 2 is 1.48 bits per heavy atom. The zero-order valence-electron chi connectivity index (χ0n) is 13.0. The van der Waals surface area contributed by atoms with Crippen molar-refractivity contribution < 1.29 is 10.2 Å². The molecule has 0 aliphatic carbocycles. The summed E-state index contributed by atoms with van der Waals surface area (Å²) >= 11 is 0. The first-order valence-corrected chi connectivity index (χ1v) is 7.23. The van der Waals surface area contributed by atoms with E-state index in [9.17, 15) is 10.2 Å². The number of rotatable bonds is 4. The van der Waals surface area contributed by atoms with Gasteiger partial charge in [0.25, 0.3) is 0 Å². The fourth-order valence-electron chi connectivity index (χ4n) is 2.66. The van der Waals surface area contributed by atoms with E-state index in [1.807, 2.05) is 6.92 Å². The highest BCUT2D eigenvalue weighted by Crippen LogP contribution is 2.27. The molecular weight excluding hydrogens is 262 g/mol. The van der Waals surface area contributed by atoms with Gasteiger partial charge in [-0.3, -0.25) is 0 Å². The molecule has 112 valence electrons. The third-order valence-corrected chi connectivity index (χ3v) is 3.83. The Balaban J connectivity index is 2.18. The van der Waals surface area contributed by atoms with Crippen molar-refractivity contribution in [1.29, 1.82) is 0 Å². The van der Waals surface area contributed by atoms with Crippen molar-refractivity contribution in [3.63, 3.8) is 0 Å². The van der Waals surface area contributed by atoms with Crippen molar-refractivity contribution in [3.8, 4) is 11.5 Å². The standard InChI is InChI=1S/C18H23NO2/c1-11-5-6-12(2)18(7-11)14(4)19-13(3)15-8-16(20)10-17(21)9-15/h5-10,13-14,19-21H,1-4H3. The summed E-state index contributed by atoms with van der Waals surface area (Å²) in [5.74, 6) is 0.163. The summed E-state index contributed by atoms with van der Waals surface area (Å²) in [4.78, 5) is 0. The number of hydrogen-bond donors (Lipinski definition) is 3. The van der Waals surface area contributed by atoms with Crippen LogP contribution < -0.4 is 5.32 Å². The third kappa shape index (κ3) is 3.76. The third-order valence-electron chi connectivity index (χ3n) is 3.83. The summed E-state index contributed by atoms with van der Waals surface area (Å²) in [7, 11) is 0. The molecule has 0 spiro atoms. The number of phenols is 2. The average Bonchev–Trinajstić information content (AvgIpc) is 2.40. The summed E-state index contributed by atoms with van der Waals surface area (Å²) in [6.07, 6.45) is 0. The van der Waals surface area contributed by atoms with Crippen molar-refractivity contribution in [2.75, 3.05) is 0 Å². The van der Waals surface area contributed by atoms with Gasteiger partial charge in [-0.25, -0.2) is 0 Å². The van der Waals surface area contributed by atoms with Gasteiger partial charge in [-0.2, -0.15) is 0 Å². The zero-order valence-corrected chi connectivity index (χ0v) is 13.0. The Labute approximate surface area is 126 Å². The second-order valence-corrected chi connectivity index (χ2v) is 5.75. The van der Waals surface area contributed by atoms with Crippen LogP contribution in [-0.4, -0.2) is 10.2 Å². The first-order chi connectivity index (χ1) is 9.86. The largest absolute Gasteiger partial charge is 0.508 e. The van der Waals surface area contributed by atoms with Gasteiger partial charge in [0.2, 0.25) is 0 Å². The van der Waals surface area contributed by atoms with Gasteiger partial charge in [-0.1, -0.05) is 23.8 Å². The quantitative estimate of drug-likeness (QED) is 0.792. The fraction of sp³-hybridized carbons (Fsp3) is 0.333. The molecule has 2 aromatic carbocycles. The Morgan fingerprint density at radius 1 is 0.857 bits per heavy atom. The number of benzene rings is 2. The lowest BCUT2D eigenvalue weighted by molar-refractivity contribution is 0.442. The van der Waals surface area contributed by atoms with Crippen LogP contribution in [0.25, 0.3) is 0 Å². The molecule has 0 heterocycles. The molecule has 0 fully saturated rings. The van der Waals surface area contributed by atoms with E-state index in [1.54, 1.807) is 12.1 Å². The van der Waals surface area contributed by atoms with Crippen molar-refractivity contribution in [2.45, 2.75) is 39.8 Å². The summed E-state index contributed by atoms with van der Waals surface area (Å²) in [6, 6.07) is 11.3. The summed E-state index contributed by atoms with van der Waals surface area (Å²) in [6.45, 7) is 8.35. The molecule has 0 amide bonds. The molecule has 2 rings (SSSR count). The molecule has 2 unspecified atom stereocenters. The second-order valence-electron chi connectivity index (χ2n) is 5.75. The lowest BCUT2D eigenvalue weighted by Gasteiger charge is -2.23. The van der Waals surface area contributed by atoms with Gasteiger partial charge in [-0.15, -0.1) is 0 Å². The number of aryl methyl sites for hydroxylation is 2. The van der Waals surface area contributed by atoms with Gasteiger partial charge in [-0.05, 0) is 56.5 Å². The number of nitrogens with one attached hydrogen (secondary N) is 1. The molecule has 21 heavy (non-hydrogen) atoms. The Bertz CT molecular complexity index is 617. The fourth-order valence-corrected chi connectivity index (χ4v) is 2.66. The SMILES string of the molecule is Cc1ccc(C)c(C(C)NC(C)c2cc(O)cc(O)c2)c1. The van der Waals surface area contributed by atoms with Crippen molar-refractivity contribution in [2.24, 2.45) is 0 Å². The Hall–Kier alpha value is -2.00. The first kappa shape index (κ1) is 15.4. The van der Waals surface area contributed by atoms with Gasteiger partial charge in [0, 0.05) is 18.2 Å². The predicted octanol–water partition coefficient (Wildman–Crippen LogP) is 4.13. The average molecular weight is 285 g/mol. The van der Waals surface area contributed by atoms with E-state index in [4.69, 9.17) is 0 Å². The summed E-state index contributed by atoms with van der Waals surface area (Å²) in [5, 5.41) is 22.7. The molecule has 3 heteroatoms. The van der Waals surface area contributed by atoms with Gasteiger partial charge >= 0.3 is 0 Å². The minimum absolute atomic E-state index is 0.0258. The summed E-state index contributed by atoms with van der Waals surface area (Å²) < 4.78 is 0. The normalized spacial score (nSPS) is 13.9. The second kappa shape index (κ2) is 6.19. The zero-order chi connectivity index (χ0) is 15.6. The van der Waals surface area contributed by atoms with E-state index in [0.29, 0.717) is 0 Å². The molecule has 3 nitrogen and oxygen atoms in total. The number of hydrogen-bond acceptors (Lipinski definition) is 3.